The maximum absolute atomic E-state index is 5.44. The molecule has 0 aromatic carbocycles. The Labute approximate surface area is 105 Å². The van der Waals surface area contributed by atoms with Crippen LogP contribution in [0.3, 0.4) is 0 Å². The largest absolute Gasteiger partial charge is 0.492 e. The third kappa shape index (κ3) is 5.68. The van der Waals surface area contributed by atoms with Gasteiger partial charge in [-0.2, -0.15) is 0 Å². The third-order valence-electron chi connectivity index (χ3n) is 2.69. The van der Waals surface area contributed by atoms with Gasteiger partial charge in [-0.3, -0.25) is 4.98 Å². The summed E-state index contributed by atoms with van der Waals surface area (Å²) in [6.07, 6.45) is 7.07. The lowest BCUT2D eigenvalue weighted by atomic mass is 10.1. The van der Waals surface area contributed by atoms with E-state index in [1.54, 1.807) is 6.20 Å². The molecule has 3 heteroatoms. The van der Waals surface area contributed by atoms with Crippen LogP contribution in [0.2, 0.25) is 0 Å². The molecule has 1 heterocycles. The molecule has 0 radical (unpaired) electrons. The maximum atomic E-state index is 5.44. The average molecular weight is 236 g/mol. The van der Waals surface area contributed by atoms with Gasteiger partial charge in [-0.05, 0) is 51.3 Å². The highest BCUT2D eigenvalue weighted by Crippen LogP contribution is 2.13. The summed E-state index contributed by atoms with van der Waals surface area (Å²) in [6, 6.07) is 2.65. The van der Waals surface area contributed by atoms with Gasteiger partial charge in [0.25, 0.3) is 0 Å². The van der Waals surface area contributed by atoms with Crippen LogP contribution < -0.4 is 10.1 Å². The predicted octanol–water partition coefficient (Wildman–Crippen LogP) is 2.80. The minimum atomic E-state index is 0.561. The van der Waals surface area contributed by atoms with E-state index in [-0.39, 0.29) is 0 Å². The first-order valence-electron chi connectivity index (χ1n) is 6.56. The van der Waals surface area contributed by atoms with Gasteiger partial charge in [0.1, 0.15) is 5.75 Å². The van der Waals surface area contributed by atoms with Gasteiger partial charge in [-0.25, -0.2) is 0 Å². The van der Waals surface area contributed by atoms with Gasteiger partial charge in [0, 0.05) is 12.2 Å². The first-order chi connectivity index (χ1) is 8.26. The van der Waals surface area contributed by atoms with E-state index < -0.39 is 0 Å². The van der Waals surface area contributed by atoms with Crippen molar-refractivity contribution in [1.29, 1.82) is 0 Å². The Balaban J connectivity index is 2.37. The number of pyridine rings is 1. The molecule has 0 amide bonds. The second kappa shape index (κ2) is 8.07. The summed E-state index contributed by atoms with van der Waals surface area (Å²) in [7, 11) is 0. The first kappa shape index (κ1) is 14.0. The zero-order valence-electron chi connectivity index (χ0n) is 11.2. The summed E-state index contributed by atoms with van der Waals surface area (Å²) >= 11 is 0. The van der Waals surface area contributed by atoms with Crippen molar-refractivity contribution < 1.29 is 4.74 Å². The lowest BCUT2D eigenvalue weighted by molar-refractivity contribution is 0.338. The molecule has 1 aromatic heterocycles. The third-order valence-corrected chi connectivity index (χ3v) is 2.69. The van der Waals surface area contributed by atoms with Crippen LogP contribution in [0.5, 0.6) is 5.75 Å². The van der Waals surface area contributed by atoms with Gasteiger partial charge in [-0.1, -0.05) is 6.92 Å². The predicted molar refractivity (Wildman–Crippen MR) is 71.5 cm³/mol. The molecule has 0 bridgehead atoms. The fourth-order valence-electron chi connectivity index (χ4n) is 1.72. The minimum absolute atomic E-state index is 0.561. The molecule has 17 heavy (non-hydrogen) atoms. The fraction of sp³-hybridized carbons (Fsp3) is 0.643. The standard InChI is InChI=1S/C14H24N2O/c1-4-8-16-12(3)6-7-13-9-14(17-5-2)11-15-10-13/h9-12,16H,4-8H2,1-3H3. The molecule has 0 aliphatic rings. The molecular weight excluding hydrogens is 212 g/mol. The molecule has 1 N–H and O–H groups in total. The van der Waals surface area contributed by atoms with E-state index in [1.807, 2.05) is 13.1 Å². The second-order valence-corrected chi connectivity index (χ2v) is 4.36. The summed E-state index contributed by atoms with van der Waals surface area (Å²) in [4.78, 5) is 4.20. The van der Waals surface area contributed by atoms with Gasteiger partial charge in [0.05, 0.1) is 12.8 Å². The second-order valence-electron chi connectivity index (χ2n) is 4.36. The van der Waals surface area contributed by atoms with Crippen LogP contribution >= 0.6 is 0 Å². The van der Waals surface area contributed by atoms with Crippen molar-refractivity contribution in [1.82, 2.24) is 10.3 Å². The molecule has 1 rings (SSSR count). The van der Waals surface area contributed by atoms with Crippen LogP contribution in [-0.2, 0) is 6.42 Å². The van der Waals surface area contributed by atoms with Crippen LogP contribution in [0.15, 0.2) is 18.5 Å². The summed E-state index contributed by atoms with van der Waals surface area (Å²) in [5.41, 5.74) is 1.25. The Hall–Kier alpha value is -1.09. The summed E-state index contributed by atoms with van der Waals surface area (Å²) in [5, 5.41) is 3.49. The monoisotopic (exact) mass is 236 g/mol. The lowest BCUT2D eigenvalue weighted by Crippen LogP contribution is -2.27. The van der Waals surface area contributed by atoms with Crippen molar-refractivity contribution in [2.24, 2.45) is 0 Å². The van der Waals surface area contributed by atoms with E-state index >= 15 is 0 Å². The Morgan fingerprint density at radius 2 is 2.18 bits per heavy atom. The molecule has 0 fully saturated rings. The quantitative estimate of drug-likeness (QED) is 0.753. The highest BCUT2D eigenvalue weighted by atomic mass is 16.5. The molecule has 96 valence electrons. The molecular formula is C14H24N2O. The van der Waals surface area contributed by atoms with Crippen molar-refractivity contribution in [3.8, 4) is 5.75 Å². The van der Waals surface area contributed by atoms with Crippen molar-refractivity contribution in [2.75, 3.05) is 13.2 Å². The van der Waals surface area contributed by atoms with E-state index in [9.17, 15) is 0 Å². The number of nitrogens with zero attached hydrogens (tertiary/aromatic N) is 1. The van der Waals surface area contributed by atoms with Crippen molar-refractivity contribution >= 4 is 0 Å². The number of ether oxygens (including phenoxy) is 1. The molecule has 1 unspecified atom stereocenters. The van der Waals surface area contributed by atoms with Crippen molar-refractivity contribution in [2.45, 2.75) is 46.1 Å². The number of rotatable bonds is 8. The molecule has 1 atom stereocenters. The topological polar surface area (TPSA) is 34.2 Å². The molecule has 0 spiro atoms. The molecule has 0 aliphatic carbocycles. The zero-order chi connectivity index (χ0) is 12.5. The van der Waals surface area contributed by atoms with Crippen LogP contribution in [0.25, 0.3) is 0 Å². The average Bonchev–Trinajstić information content (AvgIpc) is 2.35. The van der Waals surface area contributed by atoms with Crippen LogP contribution in [-0.4, -0.2) is 24.2 Å². The summed E-state index contributed by atoms with van der Waals surface area (Å²) in [6.45, 7) is 8.20. The van der Waals surface area contributed by atoms with Crippen LogP contribution in [0.1, 0.15) is 39.2 Å². The number of hydrogen-bond acceptors (Lipinski definition) is 3. The minimum Gasteiger partial charge on any atom is -0.492 e. The number of hydrogen-bond donors (Lipinski definition) is 1. The van der Waals surface area contributed by atoms with E-state index in [0.29, 0.717) is 12.6 Å². The molecule has 1 aromatic rings. The zero-order valence-corrected chi connectivity index (χ0v) is 11.2. The van der Waals surface area contributed by atoms with Gasteiger partial charge < -0.3 is 10.1 Å². The first-order valence-corrected chi connectivity index (χ1v) is 6.56. The van der Waals surface area contributed by atoms with Gasteiger partial charge in [-0.15, -0.1) is 0 Å². The lowest BCUT2D eigenvalue weighted by Gasteiger charge is -2.13. The van der Waals surface area contributed by atoms with Gasteiger partial charge >= 0.3 is 0 Å². The van der Waals surface area contributed by atoms with Crippen LogP contribution in [0.4, 0.5) is 0 Å². The summed E-state index contributed by atoms with van der Waals surface area (Å²) in [5.74, 6) is 0.874. The van der Waals surface area contributed by atoms with E-state index in [2.05, 4.69) is 30.2 Å². The summed E-state index contributed by atoms with van der Waals surface area (Å²) < 4.78 is 5.44. The number of aryl methyl sites for hydroxylation is 1. The Kier molecular flexibility index (Phi) is 6.63. The molecule has 0 saturated heterocycles. The Morgan fingerprint density at radius 3 is 2.88 bits per heavy atom. The normalized spacial score (nSPS) is 12.4. The molecule has 0 aliphatic heterocycles. The fourth-order valence-corrected chi connectivity index (χ4v) is 1.72. The molecule has 3 nitrogen and oxygen atoms in total. The smallest absolute Gasteiger partial charge is 0.137 e. The number of aromatic nitrogens is 1. The van der Waals surface area contributed by atoms with E-state index in [0.717, 1.165) is 25.1 Å². The van der Waals surface area contributed by atoms with Crippen molar-refractivity contribution in [3.05, 3.63) is 24.0 Å². The Bertz CT molecular complexity index is 315. The molecule has 0 saturated carbocycles. The SMILES string of the molecule is CCCNC(C)CCc1cncc(OCC)c1. The van der Waals surface area contributed by atoms with E-state index in [4.69, 9.17) is 4.74 Å². The van der Waals surface area contributed by atoms with Gasteiger partial charge in [0.15, 0.2) is 0 Å². The maximum Gasteiger partial charge on any atom is 0.137 e. The highest BCUT2D eigenvalue weighted by molar-refractivity contribution is 5.23. The highest BCUT2D eigenvalue weighted by Gasteiger charge is 2.02. The Morgan fingerprint density at radius 1 is 1.35 bits per heavy atom. The van der Waals surface area contributed by atoms with Gasteiger partial charge in [0.2, 0.25) is 0 Å². The van der Waals surface area contributed by atoms with E-state index in [1.165, 1.54) is 12.0 Å². The van der Waals surface area contributed by atoms with Crippen molar-refractivity contribution in [3.63, 3.8) is 0 Å². The number of nitrogens with one attached hydrogen (secondary N) is 1. The van der Waals surface area contributed by atoms with Crippen LogP contribution in [0, 0.1) is 0 Å².